The van der Waals surface area contributed by atoms with Crippen molar-refractivity contribution in [1.82, 2.24) is 4.98 Å². The van der Waals surface area contributed by atoms with Gasteiger partial charge < -0.3 is 5.32 Å². The van der Waals surface area contributed by atoms with Crippen LogP contribution in [-0.4, -0.2) is 4.98 Å². The zero-order valence-electron chi connectivity index (χ0n) is 7.38. The molecule has 0 bridgehead atoms. The highest BCUT2D eigenvalue weighted by Crippen LogP contribution is 2.06. The molecule has 1 heterocycles. The second-order valence-corrected chi connectivity index (χ2v) is 2.65. The van der Waals surface area contributed by atoms with Gasteiger partial charge in [-0.2, -0.15) is 0 Å². The lowest BCUT2D eigenvalue weighted by Gasteiger charge is -2.00. The number of nitrogens with zero attached hydrogens (tertiary/aromatic N) is 1. The summed E-state index contributed by atoms with van der Waals surface area (Å²) in [6.07, 6.45) is 5.79. The van der Waals surface area contributed by atoms with Gasteiger partial charge in [-0.3, -0.25) is 0 Å². The predicted octanol–water partition coefficient (Wildman–Crippen LogP) is 2.59. The monoisotopic (exact) mass is 162 g/mol. The van der Waals surface area contributed by atoms with Crippen molar-refractivity contribution in [2.75, 3.05) is 5.32 Å². The maximum atomic E-state index is 4.20. The first-order valence-corrected chi connectivity index (χ1v) is 4.19. The molecule has 1 rings (SSSR count). The molecule has 0 aliphatic heterocycles. The number of aromatic nitrogens is 1. The van der Waals surface area contributed by atoms with Crippen LogP contribution in [0, 0.1) is 0 Å². The summed E-state index contributed by atoms with van der Waals surface area (Å²) in [6, 6.07) is 4.05. The molecule has 0 spiro atoms. The summed E-state index contributed by atoms with van der Waals surface area (Å²) in [5.41, 5.74) is 1.28. The molecule has 64 valence electrons. The molecular weight excluding hydrogens is 148 g/mol. The molecule has 0 radical (unpaired) electrons. The normalized spacial score (nSPS) is 9.42. The van der Waals surface area contributed by atoms with Crippen LogP contribution < -0.4 is 5.32 Å². The van der Waals surface area contributed by atoms with E-state index in [1.807, 2.05) is 12.3 Å². The topological polar surface area (TPSA) is 24.9 Å². The van der Waals surface area contributed by atoms with E-state index >= 15 is 0 Å². The number of hydrogen-bond acceptors (Lipinski definition) is 2. The number of pyridine rings is 1. The van der Waals surface area contributed by atoms with Crippen LogP contribution in [0.4, 0.5) is 5.82 Å². The molecule has 0 aliphatic rings. The van der Waals surface area contributed by atoms with Gasteiger partial charge in [-0.05, 0) is 24.3 Å². The molecule has 0 aliphatic carbocycles. The van der Waals surface area contributed by atoms with Gasteiger partial charge in [0.25, 0.3) is 0 Å². The Labute approximate surface area is 73.3 Å². The smallest absolute Gasteiger partial charge is 0.129 e. The Kier molecular flexibility index (Phi) is 3.33. The van der Waals surface area contributed by atoms with Gasteiger partial charge in [0.15, 0.2) is 0 Å². The fourth-order valence-electron chi connectivity index (χ4n) is 1.05. The van der Waals surface area contributed by atoms with Gasteiger partial charge in [-0.25, -0.2) is 4.98 Å². The molecule has 0 saturated carbocycles. The van der Waals surface area contributed by atoms with Crippen LogP contribution in [-0.2, 0) is 6.42 Å². The molecule has 0 saturated heterocycles. The average molecular weight is 162 g/mol. The molecule has 1 aromatic rings. The number of aryl methyl sites for hydroxylation is 1. The van der Waals surface area contributed by atoms with Gasteiger partial charge in [0.2, 0.25) is 0 Å². The van der Waals surface area contributed by atoms with Crippen LogP contribution in [0.2, 0.25) is 0 Å². The van der Waals surface area contributed by atoms with Crippen LogP contribution in [0.15, 0.2) is 31.1 Å². The van der Waals surface area contributed by atoms with E-state index in [4.69, 9.17) is 0 Å². The SMILES string of the molecule is C=CNc1ccc(CCC)cn1. The van der Waals surface area contributed by atoms with Crippen molar-refractivity contribution in [2.45, 2.75) is 19.8 Å². The second kappa shape index (κ2) is 4.54. The van der Waals surface area contributed by atoms with Crippen molar-refractivity contribution in [2.24, 2.45) is 0 Å². The van der Waals surface area contributed by atoms with Gasteiger partial charge in [0.05, 0.1) is 0 Å². The minimum Gasteiger partial charge on any atom is -0.347 e. The molecule has 0 amide bonds. The van der Waals surface area contributed by atoms with Gasteiger partial charge in [0, 0.05) is 6.20 Å². The minimum atomic E-state index is 0.852. The Morgan fingerprint density at radius 1 is 1.58 bits per heavy atom. The molecule has 2 nitrogen and oxygen atoms in total. The molecule has 0 unspecified atom stereocenters. The maximum absolute atomic E-state index is 4.20. The van der Waals surface area contributed by atoms with E-state index < -0.39 is 0 Å². The first-order chi connectivity index (χ1) is 5.86. The van der Waals surface area contributed by atoms with Crippen molar-refractivity contribution in [3.63, 3.8) is 0 Å². The summed E-state index contributed by atoms with van der Waals surface area (Å²) in [6.45, 7) is 5.73. The lowest BCUT2D eigenvalue weighted by molar-refractivity contribution is 0.914. The van der Waals surface area contributed by atoms with E-state index in [0.717, 1.165) is 18.7 Å². The fraction of sp³-hybridized carbons (Fsp3) is 0.300. The predicted molar refractivity (Wildman–Crippen MR) is 52.1 cm³/mol. The van der Waals surface area contributed by atoms with E-state index in [2.05, 4.69) is 29.9 Å². The summed E-state index contributed by atoms with van der Waals surface area (Å²) in [7, 11) is 0. The van der Waals surface area contributed by atoms with Crippen molar-refractivity contribution in [3.05, 3.63) is 36.7 Å². The van der Waals surface area contributed by atoms with Crippen LogP contribution >= 0.6 is 0 Å². The lowest BCUT2D eigenvalue weighted by Crippen LogP contribution is -1.91. The van der Waals surface area contributed by atoms with Crippen molar-refractivity contribution in [3.8, 4) is 0 Å². The fourth-order valence-corrected chi connectivity index (χ4v) is 1.05. The first kappa shape index (κ1) is 8.78. The number of hydrogen-bond donors (Lipinski definition) is 1. The van der Waals surface area contributed by atoms with Gasteiger partial charge >= 0.3 is 0 Å². The van der Waals surface area contributed by atoms with Crippen molar-refractivity contribution < 1.29 is 0 Å². The van der Waals surface area contributed by atoms with E-state index in [0.29, 0.717) is 0 Å². The number of nitrogens with one attached hydrogen (secondary N) is 1. The summed E-state index contributed by atoms with van der Waals surface area (Å²) in [4.78, 5) is 4.20. The molecule has 1 aromatic heterocycles. The van der Waals surface area contributed by atoms with Crippen LogP contribution in [0.25, 0.3) is 0 Å². The lowest BCUT2D eigenvalue weighted by atomic mass is 10.2. The number of rotatable bonds is 4. The Balaban J connectivity index is 2.64. The zero-order chi connectivity index (χ0) is 8.81. The van der Waals surface area contributed by atoms with Crippen molar-refractivity contribution >= 4 is 5.82 Å². The average Bonchev–Trinajstić information content (AvgIpc) is 2.09. The Hall–Kier alpha value is -1.31. The Morgan fingerprint density at radius 2 is 2.42 bits per heavy atom. The third-order valence-electron chi connectivity index (χ3n) is 1.61. The van der Waals surface area contributed by atoms with E-state index in [1.165, 1.54) is 5.56 Å². The summed E-state index contributed by atoms with van der Waals surface area (Å²) >= 11 is 0. The molecule has 2 heteroatoms. The zero-order valence-corrected chi connectivity index (χ0v) is 7.38. The summed E-state index contributed by atoms with van der Waals surface area (Å²) in [5, 5.41) is 2.93. The van der Waals surface area contributed by atoms with Crippen molar-refractivity contribution in [1.29, 1.82) is 0 Å². The van der Waals surface area contributed by atoms with Crippen LogP contribution in [0.5, 0.6) is 0 Å². The van der Waals surface area contributed by atoms with Gasteiger partial charge in [-0.1, -0.05) is 26.0 Å². The number of anilines is 1. The first-order valence-electron chi connectivity index (χ1n) is 4.19. The van der Waals surface area contributed by atoms with Gasteiger partial charge in [0.1, 0.15) is 5.82 Å². The molecule has 1 N–H and O–H groups in total. The summed E-state index contributed by atoms with van der Waals surface area (Å²) < 4.78 is 0. The van der Waals surface area contributed by atoms with Crippen LogP contribution in [0.3, 0.4) is 0 Å². The minimum absolute atomic E-state index is 0.852. The quantitative estimate of drug-likeness (QED) is 0.736. The largest absolute Gasteiger partial charge is 0.347 e. The summed E-state index contributed by atoms with van der Waals surface area (Å²) in [5.74, 6) is 0.852. The second-order valence-electron chi connectivity index (χ2n) is 2.65. The molecular formula is C10H14N2. The third-order valence-corrected chi connectivity index (χ3v) is 1.61. The highest BCUT2D eigenvalue weighted by Gasteiger charge is 1.92. The molecule has 0 aromatic carbocycles. The van der Waals surface area contributed by atoms with E-state index in [9.17, 15) is 0 Å². The standard InChI is InChI=1S/C10H14N2/c1-3-5-9-6-7-10(11-4-2)12-8-9/h4,6-8H,2-3,5H2,1H3,(H,11,12). The maximum Gasteiger partial charge on any atom is 0.129 e. The Bertz CT molecular complexity index is 239. The van der Waals surface area contributed by atoms with Crippen LogP contribution in [0.1, 0.15) is 18.9 Å². The third kappa shape index (κ3) is 2.38. The van der Waals surface area contributed by atoms with E-state index in [1.54, 1.807) is 6.20 Å². The molecule has 12 heavy (non-hydrogen) atoms. The Morgan fingerprint density at radius 3 is 2.92 bits per heavy atom. The highest BCUT2D eigenvalue weighted by molar-refractivity contribution is 5.37. The molecule has 0 fully saturated rings. The highest BCUT2D eigenvalue weighted by atomic mass is 15.0. The van der Waals surface area contributed by atoms with Gasteiger partial charge in [-0.15, -0.1) is 0 Å². The molecule has 0 atom stereocenters. The van der Waals surface area contributed by atoms with E-state index in [-0.39, 0.29) is 0 Å².